The van der Waals surface area contributed by atoms with Gasteiger partial charge in [0.15, 0.2) is 24.5 Å². The van der Waals surface area contributed by atoms with E-state index in [0.29, 0.717) is 0 Å². The summed E-state index contributed by atoms with van der Waals surface area (Å²) in [6, 6.07) is 29.1. The molecular formula is C32H34NO9P. The molecule has 1 aliphatic rings. The largest absolute Gasteiger partial charge is 0.463 e. The fraction of sp³-hybridized carbons (Fsp3) is 0.312. The molecule has 5 atom stereocenters. The topological polar surface area (TPSA) is 127 Å². The van der Waals surface area contributed by atoms with Gasteiger partial charge in [0.25, 0.3) is 0 Å². The van der Waals surface area contributed by atoms with Crippen LogP contribution in [0.2, 0.25) is 0 Å². The Balaban J connectivity index is 2.04. The van der Waals surface area contributed by atoms with Crippen LogP contribution in [-0.2, 0) is 42.9 Å². The monoisotopic (exact) mass is 607 g/mol. The molecule has 4 rings (SSSR count). The summed E-state index contributed by atoms with van der Waals surface area (Å²) < 4.78 is 34.0. The molecule has 0 N–H and O–H groups in total. The minimum atomic E-state index is -2.92. The highest BCUT2D eigenvalue weighted by atomic mass is 31.2. The predicted molar refractivity (Wildman–Crippen MR) is 160 cm³/mol. The van der Waals surface area contributed by atoms with Gasteiger partial charge in [-0.3, -0.25) is 23.9 Å². The molecule has 5 unspecified atom stereocenters. The molecule has 1 saturated heterocycles. The number of hydrogen-bond acceptors (Lipinski definition) is 10. The van der Waals surface area contributed by atoms with Crippen LogP contribution in [0.4, 0.5) is 0 Å². The second-order valence-electron chi connectivity index (χ2n) is 9.85. The number of nitrogens with zero attached hydrogens (tertiary/aromatic N) is 1. The van der Waals surface area contributed by atoms with Crippen molar-refractivity contribution in [3.63, 3.8) is 0 Å². The highest BCUT2D eigenvalue weighted by Gasteiger charge is 2.53. The number of ether oxygens (including phenoxy) is 5. The summed E-state index contributed by atoms with van der Waals surface area (Å²) in [6.07, 6.45) is -6.25. The van der Waals surface area contributed by atoms with E-state index in [0.717, 1.165) is 15.9 Å². The zero-order valence-electron chi connectivity index (χ0n) is 24.3. The second kappa shape index (κ2) is 14.3. The van der Waals surface area contributed by atoms with E-state index in [4.69, 9.17) is 28.4 Å². The number of carbonyl (C=O) groups is 4. The molecule has 0 aliphatic carbocycles. The lowest BCUT2D eigenvalue weighted by atomic mass is 9.97. The molecule has 3 aromatic carbocycles. The molecule has 226 valence electrons. The third kappa shape index (κ3) is 7.58. The molecule has 43 heavy (non-hydrogen) atoms. The summed E-state index contributed by atoms with van der Waals surface area (Å²) in [5, 5.41) is 2.67. The van der Waals surface area contributed by atoms with E-state index in [1.807, 2.05) is 91.0 Å². The quantitative estimate of drug-likeness (QED) is 0.205. The lowest BCUT2D eigenvalue weighted by Gasteiger charge is -2.44. The van der Waals surface area contributed by atoms with Crippen molar-refractivity contribution in [2.75, 3.05) is 6.61 Å². The summed E-state index contributed by atoms with van der Waals surface area (Å²) in [6.45, 7) is 4.47. The smallest absolute Gasteiger partial charge is 0.303 e. The molecule has 3 aromatic rings. The summed E-state index contributed by atoms with van der Waals surface area (Å²) >= 11 is 0. The maximum atomic E-state index is 12.5. The highest BCUT2D eigenvalue weighted by Crippen LogP contribution is 2.48. The second-order valence-corrected chi connectivity index (χ2v) is 12.9. The zero-order chi connectivity index (χ0) is 31.0. The number of benzene rings is 3. The van der Waals surface area contributed by atoms with Gasteiger partial charge in [-0.25, -0.2) is 0 Å². The van der Waals surface area contributed by atoms with E-state index < -0.39 is 61.6 Å². The normalized spacial score (nSPS) is 21.6. The fourth-order valence-corrected chi connectivity index (χ4v) is 8.68. The van der Waals surface area contributed by atoms with Gasteiger partial charge >= 0.3 is 23.9 Å². The molecule has 0 spiro atoms. The van der Waals surface area contributed by atoms with Crippen molar-refractivity contribution < 1.29 is 42.9 Å². The Hall–Kier alpha value is -4.27. The third-order valence-corrected chi connectivity index (χ3v) is 10.4. The average molecular weight is 608 g/mol. The van der Waals surface area contributed by atoms with E-state index in [1.165, 1.54) is 27.7 Å². The Bertz CT molecular complexity index is 1380. The highest BCUT2D eigenvalue weighted by molar-refractivity contribution is 7.87. The first-order valence-corrected chi connectivity index (χ1v) is 15.4. The molecule has 1 fully saturated rings. The van der Waals surface area contributed by atoms with E-state index in [9.17, 15) is 19.2 Å². The molecule has 1 heterocycles. The van der Waals surface area contributed by atoms with Gasteiger partial charge in [-0.1, -0.05) is 91.0 Å². The van der Waals surface area contributed by atoms with Gasteiger partial charge in [0, 0.05) is 43.6 Å². The van der Waals surface area contributed by atoms with Crippen LogP contribution < -0.4 is 15.9 Å². The van der Waals surface area contributed by atoms with Gasteiger partial charge < -0.3 is 23.7 Å². The molecule has 0 saturated carbocycles. The minimum Gasteiger partial charge on any atom is -0.463 e. The summed E-state index contributed by atoms with van der Waals surface area (Å²) in [5.74, 6) is -2.68. The van der Waals surface area contributed by atoms with Crippen LogP contribution in [0.15, 0.2) is 95.7 Å². The first-order valence-electron chi connectivity index (χ1n) is 13.7. The van der Waals surface area contributed by atoms with Gasteiger partial charge in [0.1, 0.15) is 12.7 Å². The predicted octanol–water partition coefficient (Wildman–Crippen LogP) is 3.25. The van der Waals surface area contributed by atoms with E-state index in [2.05, 4.69) is 0 Å². The van der Waals surface area contributed by atoms with Crippen LogP contribution in [0, 0.1) is 0 Å². The van der Waals surface area contributed by atoms with Crippen LogP contribution in [0.1, 0.15) is 27.7 Å². The van der Waals surface area contributed by atoms with Crippen LogP contribution in [0.25, 0.3) is 0 Å². The van der Waals surface area contributed by atoms with Crippen molar-refractivity contribution in [1.82, 2.24) is 0 Å². The number of esters is 4. The molecule has 11 heteroatoms. The van der Waals surface area contributed by atoms with Gasteiger partial charge in [0.2, 0.25) is 0 Å². The van der Waals surface area contributed by atoms with Crippen molar-refractivity contribution in [2.24, 2.45) is 4.74 Å². The van der Waals surface area contributed by atoms with Gasteiger partial charge in [-0.2, -0.15) is 0 Å². The maximum absolute atomic E-state index is 12.5. The SMILES string of the molecule is CC(=O)OCC1OC(N=P(c2ccccc2)(c2ccccc2)c2ccccc2)C(OC(C)=O)C(OC(C)=O)C1OC(C)=O. The molecule has 0 radical (unpaired) electrons. The van der Waals surface area contributed by atoms with Crippen molar-refractivity contribution in [3.05, 3.63) is 91.0 Å². The molecule has 10 nitrogen and oxygen atoms in total. The van der Waals surface area contributed by atoms with E-state index >= 15 is 0 Å². The number of hydrogen-bond donors (Lipinski definition) is 0. The zero-order valence-corrected chi connectivity index (χ0v) is 25.2. The van der Waals surface area contributed by atoms with Crippen molar-refractivity contribution in [2.45, 2.75) is 58.3 Å². The lowest BCUT2D eigenvalue weighted by Crippen LogP contribution is -2.62. The van der Waals surface area contributed by atoms with Crippen molar-refractivity contribution >= 4 is 46.8 Å². The lowest BCUT2D eigenvalue weighted by molar-refractivity contribution is -0.250. The molecular weight excluding hydrogens is 573 g/mol. The molecule has 1 aliphatic heterocycles. The first-order chi connectivity index (χ1) is 20.6. The van der Waals surface area contributed by atoms with Gasteiger partial charge in [-0.05, 0) is 0 Å². The van der Waals surface area contributed by atoms with Gasteiger partial charge in [-0.15, -0.1) is 0 Å². The Morgan fingerprint density at radius 2 is 1.00 bits per heavy atom. The van der Waals surface area contributed by atoms with Crippen LogP contribution in [0.5, 0.6) is 0 Å². The Morgan fingerprint density at radius 3 is 1.40 bits per heavy atom. The summed E-state index contributed by atoms with van der Waals surface area (Å²) in [4.78, 5) is 48.8. The molecule has 0 aromatic heterocycles. The number of rotatable bonds is 9. The third-order valence-electron chi connectivity index (χ3n) is 6.64. The van der Waals surface area contributed by atoms with E-state index in [1.54, 1.807) is 0 Å². The van der Waals surface area contributed by atoms with E-state index in [-0.39, 0.29) is 6.61 Å². The summed E-state index contributed by atoms with van der Waals surface area (Å²) in [5.41, 5.74) is 0. The summed E-state index contributed by atoms with van der Waals surface area (Å²) in [7, 11) is -2.92. The molecule has 0 bridgehead atoms. The molecule has 0 amide bonds. The Labute approximate surface area is 250 Å². The Morgan fingerprint density at radius 1 is 0.605 bits per heavy atom. The van der Waals surface area contributed by atoms with Crippen LogP contribution in [-0.4, -0.2) is 61.1 Å². The Kier molecular flexibility index (Phi) is 10.5. The maximum Gasteiger partial charge on any atom is 0.303 e. The first kappa shape index (κ1) is 31.7. The van der Waals surface area contributed by atoms with Crippen molar-refractivity contribution in [1.29, 1.82) is 0 Å². The number of carbonyl (C=O) groups excluding carboxylic acids is 4. The van der Waals surface area contributed by atoms with Crippen molar-refractivity contribution in [3.8, 4) is 0 Å². The average Bonchev–Trinajstić information content (AvgIpc) is 2.98. The fourth-order valence-electron chi connectivity index (χ4n) is 5.05. The van der Waals surface area contributed by atoms with Crippen LogP contribution >= 0.6 is 7.05 Å². The van der Waals surface area contributed by atoms with Crippen LogP contribution in [0.3, 0.4) is 0 Å². The standard InChI is InChI=1S/C32H34NO9P/c1-21(34)38-20-28-29(39-22(2)35)30(40-23(3)36)31(41-24(4)37)32(42-28)33-43(25-14-8-5-9-15-25,26-16-10-6-11-17-26)27-18-12-7-13-19-27/h5-19,28-32H,20H2,1-4H3. The minimum absolute atomic E-state index is 0.336. The van der Waals surface area contributed by atoms with Gasteiger partial charge in [0.05, 0.1) is 7.05 Å².